The average Bonchev–Trinajstić information content (AvgIpc) is 3.11. The molecule has 1 fully saturated rings. The summed E-state index contributed by atoms with van der Waals surface area (Å²) in [4.78, 5) is 25.5. The van der Waals surface area contributed by atoms with Gasteiger partial charge in [-0.25, -0.2) is 0 Å². The summed E-state index contributed by atoms with van der Waals surface area (Å²) in [5, 5.41) is 0. The van der Waals surface area contributed by atoms with Crippen LogP contribution in [0.1, 0.15) is 30.7 Å². The van der Waals surface area contributed by atoms with Gasteiger partial charge in [0.25, 0.3) is 5.91 Å². The zero-order valence-electron chi connectivity index (χ0n) is 12.3. The molecule has 0 unspecified atom stereocenters. The smallest absolute Gasteiger partial charge is 0.303 e. The lowest BCUT2D eigenvalue weighted by Crippen LogP contribution is -2.32. The number of hydrogen-bond donors (Lipinski definition) is 0. The summed E-state index contributed by atoms with van der Waals surface area (Å²) in [6, 6.07) is 13.1. The van der Waals surface area contributed by atoms with Gasteiger partial charge in [-0.2, -0.15) is 0 Å². The Kier molecular flexibility index (Phi) is 3.96. The van der Waals surface area contributed by atoms with E-state index in [0.717, 1.165) is 5.56 Å². The van der Waals surface area contributed by atoms with Gasteiger partial charge >= 0.3 is 5.97 Å². The van der Waals surface area contributed by atoms with Gasteiger partial charge in [-0.05, 0) is 17.7 Å². The molecule has 22 heavy (non-hydrogen) atoms. The predicted octanol–water partition coefficient (Wildman–Crippen LogP) is 2.68. The lowest BCUT2D eigenvalue weighted by molar-refractivity contribution is -0.154. The highest BCUT2D eigenvalue weighted by Crippen LogP contribution is 2.35. The summed E-state index contributed by atoms with van der Waals surface area (Å²) < 4.78 is 10.6. The Balaban J connectivity index is 1.85. The van der Waals surface area contributed by atoms with E-state index in [2.05, 4.69) is 0 Å². The second-order valence-electron chi connectivity index (χ2n) is 5.32. The van der Waals surface area contributed by atoms with Crippen molar-refractivity contribution in [3.8, 4) is 0 Å². The Bertz CT molecular complexity index is 651. The molecule has 0 radical (unpaired) electrons. The maximum atomic E-state index is 12.6. The standard InChI is InChI=1S/C17H17NO4/c1-12(19)22-16-10-14(15-8-5-9-21-15)18(17(16)20)11-13-6-3-2-4-7-13/h2-9,14,16H,10-11H2,1H3/t14-,16-/m1/s1. The number of carbonyl (C=O) groups is 2. The topological polar surface area (TPSA) is 59.8 Å². The van der Waals surface area contributed by atoms with Crippen LogP contribution in [0.4, 0.5) is 0 Å². The van der Waals surface area contributed by atoms with Crippen LogP contribution in [-0.4, -0.2) is 22.9 Å². The molecule has 1 saturated heterocycles. The molecule has 2 aromatic rings. The highest BCUT2D eigenvalue weighted by atomic mass is 16.5. The van der Waals surface area contributed by atoms with E-state index in [1.165, 1.54) is 6.92 Å². The number of carbonyl (C=O) groups excluding carboxylic acids is 2. The van der Waals surface area contributed by atoms with E-state index in [-0.39, 0.29) is 11.9 Å². The van der Waals surface area contributed by atoms with E-state index in [9.17, 15) is 9.59 Å². The maximum absolute atomic E-state index is 12.6. The normalized spacial score (nSPS) is 21.1. The highest BCUT2D eigenvalue weighted by molar-refractivity contribution is 5.86. The Hall–Kier alpha value is -2.56. The molecule has 114 valence electrons. The zero-order valence-corrected chi connectivity index (χ0v) is 12.3. The minimum absolute atomic E-state index is 0.180. The maximum Gasteiger partial charge on any atom is 0.303 e. The first-order valence-corrected chi connectivity index (χ1v) is 7.20. The van der Waals surface area contributed by atoms with E-state index in [0.29, 0.717) is 18.7 Å². The van der Waals surface area contributed by atoms with Crippen LogP contribution < -0.4 is 0 Å². The third-order valence-electron chi connectivity index (χ3n) is 3.75. The molecular weight excluding hydrogens is 282 g/mol. The van der Waals surface area contributed by atoms with Crippen LogP contribution in [0.25, 0.3) is 0 Å². The van der Waals surface area contributed by atoms with E-state index in [1.54, 1.807) is 17.2 Å². The van der Waals surface area contributed by atoms with Crippen molar-refractivity contribution in [2.45, 2.75) is 32.0 Å². The highest BCUT2D eigenvalue weighted by Gasteiger charge is 2.43. The molecule has 5 nitrogen and oxygen atoms in total. The SMILES string of the molecule is CC(=O)O[C@@H]1C[C@H](c2ccco2)N(Cc2ccccc2)C1=O. The lowest BCUT2D eigenvalue weighted by atomic mass is 10.1. The largest absolute Gasteiger partial charge is 0.467 e. The molecule has 1 aromatic carbocycles. The summed E-state index contributed by atoms with van der Waals surface area (Å²) in [5.74, 6) is 0.0810. The second-order valence-corrected chi connectivity index (χ2v) is 5.32. The van der Waals surface area contributed by atoms with Crippen LogP contribution >= 0.6 is 0 Å². The van der Waals surface area contributed by atoms with Crippen molar-refractivity contribution in [3.63, 3.8) is 0 Å². The Morgan fingerprint density at radius 3 is 2.68 bits per heavy atom. The van der Waals surface area contributed by atoms with Crippen LogP contribution in [0.5, 0.6) is 0 Å². The summed E-state index contributed by atoms with van der Waals surface area (Å²) >= 11 is 0. The van der Waals surface area contributed by atoms with Gasteiger partial charge in [-0.1, -0.05) is 30.3 Å². The molecule has 1 aliphatic heterocycles. The Morgan fingerprint density at radius 1 is 1.27 bits per heavy atom. The summed E-state index contributed by atoms with van der Waals surface area (Å²) in [5.41, 5.74) is 1.02. The molecule has 1 aliphatic rings. The first-order chi connectivity index (χ1) is 10.6. The fraction of sp³-hybridized carbons (Fsp3) is 0.294. The number of hydrogen-bond acceptors (Lipinski definition) is 4. The van der Waals surface area contributed by atoms with Gasteiger partial charge in [-0.15, -0.1) is 0 Å². The quantitative estimate of drug-likeness (QED) is 0.814. The van der Waals surface area contributed by atoms with Crippen molar-refractivity contribution >= 4 is 11.9 Å². The van der Waals surface area contributed by atoms with Crippen LogP contribution in [0.15, 0.2) is 53.1 Å². The second kappa shape index (κ2) is 6.05. The molecule has 0 N–H and O–H groups in total. The molecule has 0 spiro atoms. The first-order valence-electron chi connectivity index (χ1n) is 7.20. The van der Waals surface area contributed by atoms with Gasteiger partial charge in [0.1, 0.15) is 5.76 Å². The minimum atomic E-state index is -0.740. The monoisotopic (exact) mass is 299 g/mol. The predicted molar refractivity (Wildman–Crippen MR) is 78.6 cm³/mol. The van der Waals surface area contributed by atoms with Crippen molar-refractivity contribution in [1.29, 1.82) is 0 Å². The average molecular weight is 299 g/mol. The van der Waals surface area contributed by atoms with Crippen LogP contribution in [0.3, 0.4) is 0 Å². The molecule has 1 amide bonds. The third kappa shape index (κ3) is 2.88. The molecule has 0 saturated carbocycles. The van der Waals surface area contributed by atoms with Gasteiger partial charge < -0.3 is 14.1 Å². The molecule has 5 heteroatoms. The molecule has 2 heterocycles. The third-order valence-corrected chi connectivity index (χ3v) is 3.75. The molecule has 3 rings (SSSR count). The number of benzene rings is 1. The van der Waals surface area contributed by atoms with Crippen LogP contribution in [0, 0.1) is 0 Å². The van der Waals surface area contributed by atoms with E-state index in [1.807, 2.05) is 36.4 Å². The number of likely N-dealkylation sites (tertiary alicyclic amines) is 1. The van der Waals surface area contributed by atoms with Crippen molar-refractivity contribution in [3.05, 3.63) is 60.1 Å². The zero-order chi connectivity index (χ0) is 15.5. The molecule has 0 bridgehead atoms. The number of esters is 1. The molecular formula is C17H17NO4. The molecule has 2 atom stereocenters. The minimum Gasteiger partial charge on any atom is -0.467 e. The summed E-state index contributed by atoms with van der Waals surface area (Å²) in [6.07, 6.45) is 1.26. The number of nitrogens with zero attached hydrogens (tertiary/aromatic N) is 1. The Labute approximate surface area is 128 Å². The van der Waals surface area contributed by atoms with Crippen molar-refractivity contribution in [1.82, 2.24) is 4.90 Å². The molecule has 0 aliphatic carbocycles. The lowest BCUT2D eigenvalue weighted by Gasteiger charge is -2.22. The van der Waals surface area contributed by atoms with Crippen molar-refractivity contribution < 1.29 is 18.7 Å². The van der Waals surface area contributed by atoms with Crippen molar-refractivity contribution in [2.24, 2.45) is 0 Å². The number of ether oxygens (including phenoxy) is 1. The van der Waals surface area contributed by atoms with Crippen molar-refractivity contribution in [2.75, 3.05) is 0 Å². The van der Waals surface area contributed by atoms with Gasteiger partial charge in [-0.3, -0.25) is 9.59 Å². The summed E-state index contributed by atoms with van der Waals surface area (Å²) in [7, 11) is 0. The van der Waals surface area contributed by atoms with Gasteiger partial charge in [0.2, 0.25) is 0 Å². The van der Waals surface area contributed by atoms with Crippen LogP contribution in [-0.2, 0) is 20.9 Å². The van der Waals surface area contributed by atoms with E-state index >= 15 is 0 Å². The van der Waals surface area contributed by atoms with Crippen LogP contribution in [0.2, 0.25) is 0 Å². The van der Waals surface area contributed by atoms with Gasteiger partial charge in [0.15, 0.2) is 6.10 Å². The van der Waals surface area contributed by atoms with E-state index < -0.39 is 12.1 Å². The fourth-order valence-electron chi connectivity index (χ4n) is 2.79. The fourth-order valence-corrected chi connectivity index (χ4v) is 2.79. The van der Waals surface area contributed by atoms with Gasteiger partial charge in [0, 0.05) is 19.9 Å². The molecule has 1 aromatic heterocycles. The number of rotatable bonds is 4. The first kappa shape index (κ1) is 14.4. The summed E-state index contributed by atoms with van der Waals surface area (Å²) in [6.45, 7) is 1.78. The van der Waals surface area contributed by atoms with E-state index in [4.69, 9.17) is 9.15 Å². The number of amides is 1. The number of furan rings is 1. The van der Waals surface area contributed by atoms with Gasteiger partial charge in [0.05, 0.1) is 12.3 Å². The Morgan fingerprint density at radius 2 is 2.05 bits per heavy atom.